The van der Waals surface area contributed by atoms with E-state index >= 15 is 0 Å². The lowest BCUT2D eigenvalue weighted by atomic mass is 10.2. The first-order valence-corrected chi connectivity index (χ1v) is 5.89. The third-order valence-electron chi connectivity index (χ3n) is 4.21. The van der Waals surface area contributed by atoms with Crippen molar-refractivity contribution in [2.24, 2.45) is 17.8 Å². The molecule has 3 unspecified atom stereocenters. The molecule has 0 spiro atoms. The SMILES string of the molecule is CC1CNCCN1CC1C2COCC21. The normalized spacial score (nSPS) is 47.8. The molecule has 0 aromatic carbocycles. The lowest BCUT2D eigenvalue weighted by Crippen LogP contribution is -2.50. The molecule has 3 atom stereocenters. The number of rotatable bonds is 2. The quantitative estimate of drug-likeness (QED) is 0.681. The van der Waals surface area contributed by atoms with Gasteiger partial charge in [-0.15, -0.1) is 0 Å². The van der Waals surface area contributed by atoms with Gasteiger partial charge in [0.25, 0.3) is 0 Å². The van der Waals surface area contributed by atoms with Crippen LogP contribution in [0.15, 0.2) is 0 Å². The van der Waals surface area contributed by atoms with Crippen LogP contribution in [0.2, 0.25) is 0 Å². The van der Waals surface area contributed by atoms with Crippen LogP contribution < -0.4 is 5.32 Å². The lowest BCUT2D eigenvalue weighted by Gasteiger charge is -2.34. The van der Waals surface area contributed by atoms with Crippen LogP contribution in [0.1, 0.15) is 6.92 Å². The van der Waals surface area contributed by atoms with Gasteiger partial charge in [0, 0.05) is 32.2 Å². The van der Waals surface area contributed by atoms with E-state index in [2.05, 4.69) is 17.1 Å². The van der Waals surface area contributed by atoms with Gasteiger partial charge in [0.1, 0.15) is 0 Å². The van der Waals surface area contributed by atoms with Crippen LogP contribution in [0.5, 0.6) is 0 Å². The van der Waals surface area contributed by atoms with Crippen molar-refractivity contribution in [3.05, 3.63) is 0 Å². The van der Waals surface area contributed by atoms with E-state index in [9.17, 15) is 0 Å². The van der Waals surface area contributed by atoms with Crippen LogP contribution in [0.25, 0.3) is 0 Å². The average Bonchev–Trinajstić information content (AvgIpc) is 2.64. The highest BCUT2D eigenvalue weighted by molar-refractivity contribution is 5.02. The second kappa shape index (κ2) is 3.47. The first kappa shape index (κ1) is 9.13. The minimum Gasteiger partial charge on any atom is -0.381 e. The van der Waals surface area contributed by atoms with Crippen molar-refractivity contribution in [1.82, 2.24) is 10.2 Å². The molecular weight excluding hydrogens is 176 g/mol. The Hall–Kier alpha value is -0.120. The second-order valence-corrected chi connectivity index (χ2v) is 5.08. The molecule has 2 aliphatic heterocycles. The predicted octanol–water partition coefficient (Wildman–Crippen LogP) is 0.173. The number of piperazine rings is 1. The van der Waals surface area contributed by atoms with Gasteiger partial charge in [0.05, 0.1) is 13.2 Å². The van der Waals surface area contributed by atoms with Gasteiger partial charge in [-0.2, -0.15) is 0 Å². The van der Waals surface area contributed by atoms with Gasteiger partial charge in [-0.3, -0.25) is 4.90 Å². The van der Waals surface area contributed by atoms with Crippen molar-refractivity contribution < 1.29 is 4.74 Å². The van der Waals surface area contributed by atoms with Crippen molar-refractivity contribution in [2.45, 2.75) is 13.0 Å². The molecule has 3 nitrogen and oxygen atoms in total. The second-order valence-electron chi connectivity index (χ2n) is 5.08. The van der Waals surface area contributed by atoms with Crippen LogP contribution in [0.3, 0.4) is 0 Å². The molecule has 80 valence electrons. The molecule has 0 aromatic heterocycles. The summed E-state index contributed by atoms with van der Waals surface area (Å²) in [5, 5.41) is 3.44. The largest absolute Gasteiger partial charge is 0.381 e. The van der Waals surface area contributed by atoms with Gasteiger partial charge in [-0.05, 0) is 24.7 Å². The highest BCUT2D eigenvalue weighted by Crippen LogP contribution is 2.51. The fourth-order valence-corrected chi connectivity index (χ4v) is 3.05. The number of ether oxygens (including phenoxy) is 1. The van der Waals surface area contributed by atoms with E-state index in [1.54, 1.807) is 0 Å². The fraction of sp³-hybridized carbons (Fsp3) is 1.00. The monoisotopic (exact) mass is 196 g/mol. The Balaban J connectivity index is 1.52. The van der Waals surface area contributed by atoms with Crippen molar-refractivity contribution in [3.63, 3.8) is 0 Å². The van der Waals surface area contributed by atoms with E-state index in [0.717, 1.165) is 37.0 Å². The molecule has 0 radical (unpaired) electrons. The molecule has 3 fully saturated rings. The number of hydrogen-bond acceptors (Lipinski definition) is 3. The molecule has 0 amide bonds. The third kappa shape index (κ3) is 1.47. The topological polar surface area (TPSA) is 24.5 Å². The third-order valence-corrected chi connectivity index (χ3v) is 4.21. The Kier molecular flexibility index (Phi) is 2.26. The van der Waals surface area contributed by atoms with Gasteiger partial charge < -0.3 is 10.1 Å². The highest BCUT2D eigenvalue weighted by Gasteiger charge is 2.54. The molecule has 14 heavy (non-hydrogen) atoms. The van der Waals surface area contributed by atoms with Crippen LogP contribution in [0.4, 0.5) is 0 Å². The summed E-state index contributed by atoms with van der Waals surface area (Å²) >= 11 is 0. The Labute approximate surface area is 85.8 Å². The Morgan fingerprint density at radius 3 is 2.86 bits per heavy atom. The zero-order chi connectivity index (χ0) is 9.54. The maximum atomic E-state index is 5.42. The summed E-state index contributed by atoms with van der Waals surface area (Å²) in [7, 11) is 0. The summed E-state index contributed by atoms with van der Waals surface area (Å²) in [5.74, 6) is 2.79. The number of nitrogens with zero attached hydrogens (tertiary/aromatic N) is 1. The molecule has 1 saturated carbocycles. The standard InChI is InChI=1S/C11H20N2O/c1-8-4-12-2-3-13(8)5-9-10-6-14-7-11(9)10/h8-12H,2-7H2,1H3. The van der Waals surface area contributed by atoms with Crippen molar-refractivity contribution in [1.29, 1.82) is 0 Å². The molecule has 2 heterocycles. The van der Waals surface area contributed by atoms with E-state index in [1.165, 1.54) is 26.2 Å². The Morgan fingerprint density at radius 1 is 1.36 bits per heavy atom. The summed E-state index contributed by atoms with van der Waals surface area (Å²) in [6, 6.07) is 0.728. The summed E-state index contributed by atoms with van der Waals surface area (Å²) in [4.78, 5) is 2.65. The van der Waals surface area contributed by atoms with E-state index < -0.39 is 0 Å². The minimum atomic E-state index is 0.728. The number of nitrogens with one attached hydrogen (secondary N) is 1. The van der Waals surface area contributed by atoms with Crippen molar-refractivity contribution >= 4 is 0 Å². The molecule has 3 rings (SSSR count). The Bertz CT molecular complexity index is 211. The van der Waals surface area contributed by atoms with Crippen molar-refractivity contribution in [3.8, 4) is 0 Å². The molecule has 3 heteroatoms. The van der Waals surface area contributed by atoms with Crippen LogP contribution in [-0.2, 0) is 4.74 Å². The summed E-state index contributed by atoms with van der Waals surface area (Å²) < 4.78 is 5.42. The maximum Gasteiger partial charge on any atom is 0.0501 e. The lowest BCUT2D eigenvalue weighted by molar-refractivity contribution is 0.119. The van der Waals surface area contributed by atoms with E-state index in [-0.39, 0.29) is 0 Å². The number of hydrogen-bond donors (Lipinski definition) is 1. The first-order chi connectivity index (χ1) is 6.86. The highest BCUT2D eigenvalue weighted by atomic mass is 16.5. The molecule has 1 N–H and O–H groups in total. The molecule has 3 aliphatic rings. The van der Waals surface area contributed by atoms with E-state index in [0.29, 0.717) is 0 Å². The van der Waals surface area contributed by atoms with Gasteiger partial charge in [-0.25, -0.2) is 0 Å². The minimum absolute atomic E-state index is 0.728. The van der Waals surface area contributed by atoms with Crippen LogP contribution >= 0.6 is 0 Å². The first-order valence-electron chi connectivity index (χ1n) is 5.89. The van der Waals surface area contributed by atoms with Crippen LogP contribution in [0, 0.1) is 17.8 Å². The van der Waals surface area contributed by atoms with Crippen molar-refractivity contribution in [2.75, 3.05) is 39.4 Å². The summed E-state index contributed by atoms with van der Waals surface area (Å²) in [5.41, 5.74) is 0. The smallest absolute Gasteiger partial charge is 0.0501 e. The Morgan fingerprint density at radius 2 is 2.14 bits per heavy atom. The summed E-state index contributed by atoms with van der Waals surface area (Å²) in [6.07, 6.45) is 0. The zero-order valence-electron chi connectivity index (χ0n) is 8.91. The van der Waals surface area contributed by atoms with Gasteiger partial charge >= 0.3 is 0 Å². The van der Waals surface area contributed by atoms with E-state index in [1.807, 2.05) is 0 Å². The predicted molar refractivity (Wildman–Crippen MR) is 55.2 cm³/mol. The number of fused-ring (bicyclic) bond motifs is 1. The zero-order valence-corrected chi connectivity index (χ0v) is 8.91. The van der Waals surface area contributed by atoms with E-state index in [4.69, 9.17) is 4.74 Å². The maximum absolute atomic E-state index is 5.42. The molecule has 1 aliphatic carbocycles. The van der Waals surface area contributed by atoms with Gasteiger partial charge in [0.2, 0.25) is 0 Å². The summed E-state index contributed by atoms with van der Waals surface area (Å²) in [6.45, 7) is 9.30. The average molecular weight is 196 g/mol. The fourth-order valence-electron chi connectivity index (χ4n) is 3.05. The van der Waals surface area contributed by atoms with Gasteiger partial charge in [0.15, 0.2) is 0 Å². The molecular formula is C11H20N2O. The molecule has 0 bridgehead atoms. The molecule has 2 saturated heterocycles. The van der Waals surface area contributed by atoms with Gasteiger partial charge in [-0.1, -0.05) is 0 Å². The van der Waals surface area contributed by atoms with Crippen LogP contribution in [-0.4, -0.2) is 50.3 Å². The molecule has 0 aromatic rings.